The molecule has 1 aliphatic rings. The first-order valence-corrected chi connectivity index (χ1v) is 4.01. The zero-order valence-corrected chi connectivity index (χ0v) is 7.41. The van der Waals surface area contributed by atoms with Crippen LogP contribution in [0.4, 0.5) is 0 Å². The molecule has 0 N–H and O–H groups in total. The molecule has 0 saturated heterocycles. The van der Waals surface area contributed by atoms with Gasteiger partial charge in [0.2, 0.25) is 0 Å². The Morgan fingerprint density at radius 1 is 1.45 bits per heavy atom. The van der Waals surface area contributed by atoms with Crippen LogP contribution >= 0.6 is 0 Å². The number of nitrogens with zero attached hydrogens (tertiary/aromatic N) is 3. The molecule has 0 radical (unpaired) electrons. The Morgan fingerprint density at radius 2 is 2.18 bits per heavy atom. The Kier molecular flexibility index (Phi) is 2.27. The fourth-order valence-electron chi connectivity index (χ4n) is 0.839. The molecule has 0 aliphatic carbocycles. The first-order valence-electron chi connectivity index (χ1n) is 4.01. The molecule has 0 fully saturated rings. The van der Waals surface area contributed by atoms with Crippen LogP contribution < -0.4 is 0 Å². The molecule has 1 rings (SSSR count). The van der Waals surface area contributed by atoms with Crippen LogP contribution in [0.5, 0.6) is 0 Å². The minimum Gasteiger partial charge on any atom is -0.262 e. The van der Waals surface area contributed by atoms with E-state index in [1.54, 1.807) is 0 Å². The van der Waals surface area contributed by atoms with Crippen molar-refractivity contribution in [3.8, 4) is 0 Å². The molecule has 1 aliphatic heterocycles. The standard InChI is InChI=1S/C8H15N3/c1-4-5-11-7-9-8(2,3)6-10-11/h6-7H,4-5H2,1-3H3. The minimum absolute atomic E-state index is 0.107. The number of aliphatic imine (C=N–C) groups is 1. The largest absolute Gasteiger partial charge is 0.262 e. The Morgan fingerprint density at radius 3 is 2.64 bits per heavy atom. The summed E-state index contributed by atoms with van der Waals surface area (Å²) in [6, 6.07) is 0. The fourth-order valence-corrected chi connectivity index (χ4v) is 0.839. The van der Waals surface area contributed by atoms with Crippen molar-refractivity contribution in [2.75, 3.05) is 6.54 Å². The topological polar surface area (TPSA) is 28.0 Å². The van der Waals surface area contributed by atoms with E-state index >= 15 is 0 Å². The molecule has 62 valence electrons. The molecule has 3 nitrogen and oxygen atoms in total. The minimum atomic E-state index is -0.107. The molecular weight excluding hydrogens is 138 g/mol. The van der Waals surface area contributed by atoms with Crippen LogP contribution in [-0.2, 0) is 0 Å². The summed E-state index contributed by atoms with van der Waals surface area (Å²) in [4.78, 5) is 4.31. The molecule has 0 aromatic heterocycles. The maximum atomic E-state index is 4.31. The van der Waals surface area contributed by atoms with Crippen molar-refractivity contribution >= 4 is 12.6 Å². The lowest BCUT2D eigenvalue weighted by Gasteiger charge is -2.22. The number of hydrogen-bond acceptors (Lipinski definition) is 3. The van der Waals surface area contributed by atoms with Gasteiger partial charge in [-0.05, 0) is 20.3 Å². The van der Waals surface area contributed by atoms with Crippen LogP contribution in [0.25, 0.3) is 0 Å². The normalized spacial score (nSPS) is 20.8. The fraction of sp³-hybridized carbons (Fsp3) is 0.750. The molecule has 0 atom stereocenters. The molecule has 0 spiro atoms. The zero-order chi connectivity index (χ0) is 8.32. The van der Waals surface area contributed by atoms with Crippen LogP contribution in [0.3, 0.4) is 0 Å². The second-order valence-electron chi connectivity index (χ2n) is 3.31. The maximum Gasteiger partial charge on any atom is 0.107 e. The predicted molar refractivity (Wildman–Crippen MR) is 48.1 cm³/mol. The Hall–Kier alpha value is -0.860. The van der Waals surface area contributed by atoms with Gasteiger partial charge in [-0.2, -0.15) is 5.10 Å². The SMILES string of the molecule is CCCN1C=NC(C)(C)C=N1. The summed E-state index contributed by atoms with van der Waals surface area (Å²) in [5.41, 5.74) is -0.107. The molecule has 1 heterocycles. The lowest BCUT2D eigenvalue weighted by molar-refractivity contribution is 0.437. The van der Waals surface area contributed by atoms with Gasteiger partial charge in [0.25, 0.3) is 0 Å². The monoisotopic (exact) mass is 153 g/mol. The van der Waals surface area contributed by atoms with Crippen molar-refractivity contribution in [3.63, 3.8) is 0 Å². The summed E-state index contributed by atoms with van der Waals surface area (Å²) < 4.78 is 0. The molecule has 0 saturated carbocycles. The van der Waals surface area contributed by atoms with Gasteiger partial charge >= 0.3 is 0 Å². The Bertz CT molecular complexity index is 166. The van der Waals surface area contributed by atoms with Crippen molar-refractivity contribution in [2.24, 2.45) is 10.1 Å². The lowest BCUT2D eigenvalue weighted by atomic mass is 10.1. The third-order valence-corrected chi connectivity index (χ3v) is 1.50. The van der Waals surface area contributed by atoms with E-state index in [4.69, 9.17) is 0 Å². The van der Waals surface area contributed by atoms with E-state index in [-0.39, 0.29) is 5.54 Å². The predicted octanol–water partition coefficient (Wildman–Crippen LogP) is 1.50. The summed E-state index contributed by atoms with van der Waals surface area (Å²) in [5.74, 6) is 0. The van der Waals surface area contributed by atoms with Crippen LogP contribution in [0.15, 0.2) is 10.1 Å². The van der Waals surface area contributed by atoms with Crippen LogP contribution in [-0.4, -0.2) is 29.6 Å². The highest BCUT2D eigenvalue weighted by Gasteiger charge is 2.15. The van der Waals surface area contributed by atoms with Crippen LogP contribution in [0.1, 0.15) is 27.2 Å². The van der Waals surface area contributed by atoms with E-state index in [9.17, 15) is 0 Å². The molecule has 11 heavy (non-hydrogen) atoms. The van der Waals surface area contributed by atoms with Crippen molar-refractivity contribution in [3.05, 3.63) is 0 Å². The summed E-state index contributed by atoms with van der Waals surface area (Å²) in [7, 11) is 0. The van der Waals surface area contributed by atoms with Gasteiger partial charge in [-0.3, -0.25) is 10.0 Å². The maximum absolute atomic E-state index is 4.31. The van der Waals surface area contributed by atoms with Gasteiger partial charge in [-0.25, -0.2) is 0 Å². The summed E-state index contributed by atoms with van der Waals surface area (Å²) in [6.07, 6.45) is 4.79. The summed E-state index contributed by atoms with van der Waals surface area (Å²) in [5, 5.41) is 6.10. The van der Waals surface area contributed by atoms with Crippen molar-refractivity contribution in [2.45, 2.75) is 32.7 Å². The summed E-state index contributed by atoms with van der Waals surface area (Å²) >= 11 is 0. The average Bonchev–Trinajstić information content (AvgIpc) is 1.94. The van der Waals surface area contributed by atoms with Crippen molar-refractivity contribution in [1.82, 2.24) is 5.01 Å². The highest BCUT2D eigenvalue weighted by Crippen LogP contribution is 2.09. The Labute approximate surface area is 67.8 Å². The quantitative estimate of drug-likeness (QED) is 0.591. The number of rotatable bonds is 2. The van der Waals surface area contributed by atoms with E-state index in [1.807, 2.05) is 31.4 Å². The number of hydrogen-bond donors (Lipinski definition) is 0. The van der Waals surface area contributed by atoms with Crippen LogP contribution in [0, 0.1) is 0 Å². The molecule has 0 aromatic carbocycles. The molecular formula is C8H15N3. The van der Waals surface area contributed by atoms with E-state index in [0.29, 0.717) is 0 Å². The highest BCUT2D eigenvalue weighted by atomic mass is 15.5. The van der Waals surface area contributed by atoms with Gasteiger partial charge in [0, 0.05) is 6.54 Å². The second kappa shape index (κ2) is 3.03. The van der Waals surface area contributed by atoms with Gasteiger partial charge in [0.1, 0.15) is 6.34 Å². The van der Waals surface area contributed by atoms with Crippen molar-refractivity contribution < 1.29 is 0 Å². The third-order valence-electron chi connectivity index (χ3n) is 1.50. The molecule has 0 aromatic rings. The first-order chi connectivity index (χ1) is 5.14. The van der Waals surface area contributed by atoms with E-state index in [2.05, 4.69) is 17.0 Å². The zero-order valence-electron chi connectivity index (χ0n) is 7.41. The van der Waals surface area contributed by atoms with Gasteiger partial charge in [-0.15, -0.1) is 0 Å². The highest BCUT2D eigenvalue weighted by molar-refractivity contribution is 5.76. The van der Waals surface area contributed by atoms with Crippen LogP contribution in [0.2, 0.25) is 0 Å². The smallest absolute Gasteiger partial charge is 0.107 e. The van der Waals surface area contributed by atoms with Gasteiger partial charge < -0.3 is 0 Å². The molecule has 0 unspecified atom stereocenters. The van der Waals surface area contributed by atoms with Gasteiger partial charge in [0.05, 0.1) is 11.8 Å². The van der Waals surface area contributed by atoms with Gasteiger partial charge in [-0.1, -0.05) is 6.92 Å². The average molecular weight is 153 g/mol. The lowest BCUT2D eigenvalue weighted by Crippen LogP contribution is -2.30. The summed E-state index contributed by atoms with van der Waals surface area (Å²) in [6.45, 7) is 7.16. The Balaban J connectivity index is 2.51. The van der Waals surface area contributed by atoms with E-state index in [0.717, 1.165) is 13.0 Å². The third kappa shape index (κ3) is 2.33. The molecule has 0 bridgehead atoms. The van der Waals surface area contributed by atoms with E-state index < -0.39 is 0 Å². The van der Waals surface area contributed by atoms with E-state index in [1.165, 1.54) is 0 Å². The number of hydrazone groups is 1. The van der Waals surface area contributed by atoms with Crippen molar-refractivity contribution in [1.29, 1.82) is 0 Å². The molecule has 3 heteroatoms. The van der Waals surface area contributed by atoms with Gasteiger partial charge in [0.15, 0.2) is 0 Å². The second-order valence-corrected chi connectivity index (χ2v) is 3.31. The molecule has 0 amide bonds. The first kappa shape index (κ1) is 8.24.